The molecule has 1 amide bonds. The summed E-state index contributed by atoms with van der Waals surface area (Å²) in [5.41, 5.74) is 8.13. The van der Waals surface area contributed by atoms with E-state index in [2.05, 4.69) is 5.32 Å². The predicted octanol–water partition coefficient (Wildman–Crippen LogP) is 2.50. The first-order chi connectivity index (χ1) is 9.16. The fourth-order valence-corrected chi connectivity index (χ4v) is 2.64. The molecule has 19 heavy (non-hydrogen) atoms. The van der Waals surface area contributed by atoms with E-state index in [9.17, 15) is 4.79 Å². The maximum Gasteiger partial charge on any atom is 0.237 e. The lowest BCUT2D eigenvalue weighted by molar-refractivity contribution is -0.123. The highest BCUT2D eigenvalue weighted by Gasteiger charge is 2.17. The quantitative estimate of drug-likeness (QED) is 0.880. The number of carbonyl (C=O) groups excluding carboxylic acids is 1. The Bertz CT molecular complexity index is 510. The first-order valence-electron chi connectivity index (χ1n) is 6.29. The Morgan fingerprint density at radius 1 is 1.32 bits per heavy atom. The summed E-state index contributed by atoms with van der Waals surface area (Å²) < 4.78 is 0. The zero-order valence-corrected chi connectivity index (χ0v) is 11.7. The van der Waals surface area contributed by atoms with Crippen LogP contribution in [-0.4, -0.2) is 11.9 Å². The second-order valence-corrected chi connectivity index (χ2v) is 5.36. The van der Waals surface area contributed by atoms with E-state index in [-0.39, 0.29) is 11.9 Å². The molecule has 0 saturated carbocycles. The Morgan fingerprint density at radius 2 is 2.05 bits per heavy atom. The third kappa shape index (κ3) is 3.91. The van der Waals surface area contributed by atoms with E-state index in [1.807, 2.05) is 54.1 Å². The summed E-state index contributed by atoms with van der Waals surface area (Å²) in [4.78, 5) is 12.0. The fraction of sp³-hybridized carbons (Fsp3) is 0.267. The number of thiophene rings is 1. The smallest absolute Gasteiger partial charge is 0.237 e. The van der Waals surface area contributed by atoms with Gasteiger partial charge in [-0.2, -0.15) is 11.3 Å². The fourth-order valence-electron chi connectivity index (χ4n) is 1.89. The number of carbonyl (C=O) groups is 1. The van der Waals surface area contributed by atoms with Gasteiger partial charge in [-0.05, 0) is 41.3 Å². The van der Waals surface area contributed by atoms with E-state index < -0.39 is 6.04 Å². The highest BCUT2D eigenvalue weighted by molar-refractivity contribution is 7.07. The summed E-state index contributed by atoms with van der Waals surface area (Å²) in [7, 11) is 0. The second-order valence-electron chi connectivity index (χ2n) is 4.58. The minimum atomic E-state index is -0.511. The summed E-state index contributed by atoms with van der Waals surface area (Å²) >= 11 is 1.62. The zero-order valence-electron chi connectivity index (χ0n) is 10.9. The van der Waals surface area contributed by atoms with Gasteiger partial charge in [-0.3, -0.25) is 4.79 Å². The van der Waals surface area contributed by atoms with Crippen molar-refractivity contribution in [2.45, 2.75) is 25.4 Å². The molecule has 0 aliphatic carbocycles. The van der Waals surface area contributed by atoms with Crippen LogP contribution in [0.4, 0.5) is 0 Å². The van der Waals surface area contributed by atoms with Crippen LogP contribution in [0.3, 0.4) is 0 Å². The minimum absolute atomic E-state index is 0.000531. The van der Waals surface area contributed by atoms with Crippen molar-refractivity contribution < 1.29 is 4.79 Å². The molecule has 0 spiro atoms. The Balaban J connectivity index is 1.89. The lowest BCUT2D eigenvalue weighted by atomic mass is 10.1. The Kier molecular flexibility index (Phi) is 4.71. The molecule has 0 aliphatic heterocycles. The molecule has 1 heterocycles. The summed E-state index contributed by atoms with van der Waals surface area (Å²) in [5.74, 6) is -0.109. The van der Waals surface area contributed by atoms with E-state index in [1.165, 1.54) is 0 Å². The first kappa shape index (κ1) is 13.8. The molecule has 1 aromatic carbocycles. The van der Waals surface area contributed by atoms with Crippen LogP contribution in [-0.2, 0) is 11.2 Å². The third-order valence-electron chi connectivity index (χ3n) is 3.04. The van der Waals surface area contributed by atoms with Gasteiger partial charge in [-0.1, -0.05) is 30.3 Å². The van der Waals surface area contributed by atoms with Gasteiger partial charge >= 0.3 is 0 Å². The molecule has 0 aliphatic rings. The number of amides is 1. The van der Waals surface area contributed by atoms with Gasteiger partial charge in [0.25, 0.3) is 0 Å². The minimum Gasteiger partial charge on any atom is -0.348 e. The van der Waals surface area contributed by atoms with Gasteiger partial charge in [0.15, 0.2) is 0 Å². The molecule has 2 rings (SSSR count). The van der Waals surface area contributed by atoms with Gasteiger partial charge in [0.2, 0.25) is 5.91 Å². The SMILES string of the molecule is CC(NC(=O)C(N)Cc1ccccc1)c1ccsc1. The first-order valence-corrected chi connectivity index (χ1v) is 7.23. The normalized spacial score (nSPS) is 13.8. The number of rotatable bonds is 5. The van der Waals surface area contributed by atoms with E-state index in [1.54, 1.807) is 11.3 Å². The van der Waals surface area contributed by atoms with E-state index in [0.717, 1.165) is 11.1 Å². The summed E-state index contributed by atoms with van der Waals surface area (Å²) in [5, 5.41) is 6.98. The number of nitrogens with one attached hydrogen (secondary N) is 1. The topological polar surface area (TPSA) is 55.1 Å². The average Bonchev–Trinajstić information content (AvgIpc) is 2.93. The van der Waals surface area contributed by atoms with Crippen molar-refractivity contribution in [3.05, 3.63) is 58.3 Å². The van der Waals surface area contributed by atoms with Crippen molar-refractivity contribution in [2.75, 3.05) is 0 Å². The van der Waals surface area contributed by atoms with Gasteiger partial charge in [0, 0.05) is 0 Å². The molecule has 100 valence electrons. The number of hydrogen-bond donors (Lipinski definition) is 2. The number of hydrogen-bond acceptors (Lipinski definition) is 3. The largest absolute Gasteiger partial charge is 0.348 e. The number of nitrogens with two attached hydrogens (primary N) is 1. The molecule has 2 unspecified atom stereocenters. The van der Waals surface area contributed by atoms with Crippen LogP contribution >= 0.6 is 11.3 Å². The van der Waals surface area contributed by atoms with Crippen molar-refractivity contribution in [2.24, 2.45) is 5.73 Å². The van der Waals surface area contributed by atoms with Crippen molar-refractivity contribution in [3.8, 4) is 0 Å². The molecule has 1 aromatic heterocycles. The Morgan fingerprint density at radius 3 is 2.68 bits per heavy atom. The second kappa shape index (κ2) is 6.50. The van der Waals surface area contributed by atoms with Crippen LogP contribution in [0.15, 0.2) is 47.2 Å². The Hall–Kier alpha value is -1.65. The molecular weight excluding hydrogens is 256 g/mol. The molecule has 3 nitrogen and oxygen atoms in total. The Labute approximate surface area is 117 Å². The number of benzene rings is 1. The monoisotopic (exact) mass is 274 g/mol. The van der Waals surface area contributed by atoms with E-state index in [0.29, 0.717) is 6.42 Å². The van der Waals surface area contributed by atoms with Crippen molar-refractivity contribution >= 4 is 17.2 Å². The lowest BCUT2D eigenvalue weighted by Gasteiger charge is -2.17. The van der Waals surface area contributed by atoms with E-state index in [4.69, 9.17) is 5.73 Å². The van der Waals surface area contributed by atoms with Crippen LogP contribution in [0.5, 0.6) is 0 Å². The van der Waals surface area contributed by atoms with Crippen molar-refractivity contribution in [1.29, 1.82) is 0 Å². The summed E-state index contributed by atoms with van der Waals surface area (Å²) in [6.45, 7) is 1.97. The van der Waals surface area contributed by atoms with Gasteiger partial charge in [0.05, 0.1) is 12.1 Å². The highest BCUT2D eigenvalue weighted by Crippen LogP contribution is 2.15. The van der Waals surface area contributed by atoms with Crippen LogP contribution in [0.2, 0.25) is 0 Å². The van der Waals surface area contributed by atoms with Crippen LogP contribution in [0.1, 0.15) is 24.1 Å². The molecule has 2 aromatic rings. The third-order valence-corrected chi connectivity index (χ3v) is 3.74. The molecule has 0 bridgehead atoms. The molecule has 0 radical (unpaired) electrons. The van der Waals surface area contributed by atoms with Gasteiger partial charge in [0.1, 0.15) is 0 Å². The molecule has 2 atom stereocenters. The molecule has 0 saturated heterocycles. The van der Waals surface area contributed by atoms with Gasteiger partial charge in [-0.25, -0.2) is 0 Å². The zero-order chi connectivity index (χ0) is 13.7. The van der Waals surface area contributed by atoms with E-state index >= 15 is 0 Å². The summed E-state index contributed by atoms with van der Waals surface area (Å²) in [6, 6.07) is 11.3. The van der Waals surface area contributed by atoms with Crippen molar-refractivity contribution in [3.63, 3.8) is 0 Å². The molecule has 0 fully saturated rings. The molecule has 4 heteroatoms. The van der Waals surface area contributed by atoms with Crippen LogP contribution in [0, 0.1) is 0 Å². The standard InChI is InChI=1S/C15H18N2OS/c1-11(13-7-8-19-10-13)17-15(18)14(16)9-12-5-3-2-4-6-12/h2-8,10-11,14H,9,16H2,1H3,(H,17,18). The van der Waals surface area contributed by atoms with Crippen LogP contribution in [0.25, 0.3) is 0 Å². The van der Waals surface area contributed by atoms with Gasteiger partial charge < -0.3 is 11.1 Å². The maximum absolute atomic E-state index is 12.0. The van der Waals surface area contributed by atoms with Gasteiger partial charge in [-0.15, -0.1) is 0 Å². The van der Waals surface area contributed by atoms with Crippen molar-refractivity contribution in [1.82, 2.24) is 5.32 Å². The highest BCUT2D eigenvalue weighted by atomic mass is 32.1. The molecular formula is C15H18N2OS. The lowest BCUT2D eigenvalue weighted by Crippen LogP contribution is -2.42. The van der Waals surface area contributed by atoms with Crippen LogP contribution < -0.4 is 11.1 Å². The average molecular weight is 274 g/mol. The predicted molar refractivity (Wildman–Crippen MR) is 79.0 cm³/mol. The maximum atomic E-state index is 12.0. The summed E-state index contributed by atoms with van der Waals surface area (Å²) in [6.07, 6.45) is 0.559. The molecule has 3 N–H and O–H groups in total.